The van der Waals surface area contributed by atoms with Crippen LogP contribution >= 0.6 is 0 Å². The average Bonchev–Trinajstić information content (AvgIpc) is 2.62. The Labute approximate surface area is 103 Å². The molecule has 17 heavy (non-hydrogen) atoms. The molecule has 1 aliphatic rings. The topological polar surface area (TPSA) is 36.4 Å². The molecular formula is C14H22N2O. The van der Waals surface area contributed by atoms with Crippen LogP contribution in [0.4, 0.5) is 0 Å². The molecule has 0 aliphatic carbocycles. The van der Waals surface area contributed by atoms with Gasteiger partial charge in [0.25, 0.3) is 0 Å². The van der Waals surface area contributed by atoms with E-state index in [9.17, 15) is 5.11 Å². The lowest BCUT2D eigenvalue weighted by Gasteiger charge is -2.28. The summed E-state index contributed by atoms with van der Waals surface area (Å²) in [5.74, 6) is 0. The normalized spacial score (nSPS) is 22.3. The van der Waals surface area contributed by atoms with Gasteiger partial charge in [0.05, 0.1) is 6.61 Å². The minimum absolute atomic E-state index is 0.294. The van der Waals surface area contributed by atoms with Crippen molar-refractivity contribution in [3.8, 4) is 0 Å². The van der Waals surface area contributed by atoms with Crippen LogP contribution in [0.1, 0.15) is 31.4 Å². The number of likely N-dealkylation sites (tertiary alicyclic amines) is 1. The van der Waals surface area contributed by atoms with Crippen LogP contribution in [-0.4, -0.2) is 40.7 Å². The molecule has 3 nitrogen and oxygen atoms in total. The highest BCUT2D eigenvalue weighted by molar-refractivity contribution is 5.03. The van der Waals surface area contributed by atoms with Gasteiger partial charge in [-0.3, -0.25) is 9.88 Å². The molecule has 0 saturated carbocycles. The summed E-state index contributed by atoms with van der Waals surface area (Å²) in [5, 5.41) is 9.43. The van der Waals surface area contributed by atoms with Crippen molar-refractivity contribution in [3.05, 3.63) is 30.1 Å². The number of nitrogens with zero attached hydrogens (tertiary/aromatic N) is 2. The minimum Gasteiger partial charge on any atom is -0.395 e. The Kier molecular flexibility index (Phi) is 4.95. The van der Waals surface area contributed by atoms with Crippen molar-refractivity contribution in [2.24, 2.45) is 0 Å². The first kappa shape index (κ1) is 12.5. The molecule has 0 spiro atoms. The van der Waals surface area contributed by atoms with E-state index in [-0.39, 0.29) is 0 Å². The standard InChI is InChI=1S/C14H22N2O/c17-12-14-7-2-1-5-10-16(14)11-8-13-6-3-4-9-15-13/h3-4,6,9,14,17H,1-2,5,7-8,10-12H2. The summed E-state index contributed by atoms with van der Waals surface area (Å²) in [7, 11) is 0. The second-order valence-corrected chi connectivity index (χ2v) is 4.79. The number of aliphatic hydroxyl groups excluding tert-OH is 1. The van der Waals surface area contributed by atoms with Crippen molar-refractivity contribution in [1.82, 2.24) is 9.88 Å². The summed E-state index contributed by atoms with van der Waals surface area (Å²) < 4.78 is 0. The van der Waals surface area contributed by atoms with E-state index < -0.39 is 0 Å². The fourth-order valence-electron chi connectivity index (χ4n) is 2.54. The highest BCUT2D eigenvalue weighted by atomic mass is 16.3. The zero-order valence-corrected chi connectivity index (χ0v) is 10.4. The summed E-state index contributed by atoms with van der Waals surface area (Å²) in [6.07, 6.45) is 7.79. The molecule has 1 fully saturated rings. The van der Waals surface area contributed by atoms with Crippen molar-refractivity contribution in [3.63, 3.8) is 0 Å². The highest BCUT2D eigenvalue weighted by Gasteiger charge is 2.19. The zero-order valence-electron chi connectivity index (χ0n) is 10.4. The molecular weight excluding hydrogens is 212 g/mol. The first-order valence-corrected chi connectivity index (χ1v) is 6.65. The third-order valence-electron chi connectivity index (χ3n) is 3.59. The Morgan fingerprint density at radius 3 is 3.00 bits per heavy atom. The number of pyridine rings is 1. The van der Waals surface area contributed by atoms with Gasteiger partial charge in [0.15, 0.2) is 0 Å². The second kappa shape index (κ2) is 6.72. The molecule has 1 aromatic heterocycles. The molecule has 2 rings (SSSR count). The number of rotatable bonds is 4. The van der Waals surface area contributed by atoms with Crippen molar-refractivity contribution >= 4 is 0 Å². The Bertz CT molecular complexity index is 315. The lowest BCUT2D eigenvalue weighted by atomic mass is 10.1. The van der Waals surface area contributed by atoms with Crippen LogP contribution in [0.2, 0.25) is 0 Å². The monoisotopic (exact) mass is 234 g/mol. The van der Waals surface area contributed by atoms with E-state index in [2.05, 4.69) is 16.0 Å². The van der Waals surface area contributed by atoms with Crippen LogP contribution in [-0.2, 0) is 6.42 Å². The molecule has 0 radical (unpaired) electrons. The lowest BCUT2D eigenvalue weighted by molar-refractivity contribution is 0.125. The van der Waals surface area contributed by atoms with Gasteiger partial charge in [0.1, 0.15) is 0 Å². The molecule has 1 unspecified atom stereocenters. The zero-order chi connectivity index (χ0) is 11.9. The van der Waals surface area contributed by atoms with Gasteiger partial charge in [-0.25, -0.2) is 0 Å². The second-order valence-electron chi connectivity index (χ2n) is 4.79. The maximum Gasteiger partial charge on any atom is 0.0586 e. The maximum absolute atomic E-state index is 9.43. The molecule has 1 N–H and O–H groups in total. The number of hydrogen-bond donors (Lipinski definition) is 1. The van der Waals surface area contributed by atoms with E-state index in [4.69, 9.17) is 0 Å². The first-order valence-electron chi connectivity index (χ1n) is 6.65. The van der Waals surface area contributed by atoms with Crippen LogP contribution < -0.4 is 0 Å². The van der Waals surface area contributed by atoms with Gasteiger partial charge in [-0.05, 0) is 31.5 Å². The van der Waals surface area contributed by atoms with Gasteiger partial charge in [0, 0.05) is 30.9 Å². The quantitative estimate of drug-likeness (QED) is 0.864. The largest absolute Gasteiger partial charge is 0.395 e. The molecule has 1 aliphatic heterocycles. The molecule has 1 aromatic rings. The van der Waals surface area contributed by atoms with Crippen molar-refractivity contribution in [1.29, 1.82) is 0 Å². The van der Waals surface area contributed by atoms with Crippen molar-refractivity contribution in [2.45, 2.75) is 38.1 Å². The summed E-state index contributed by atoms with van der Waals surface area (Å²) in [4.78, 5) is 6.78. The highest BCUT2D eigenvalue weighted by Crippen LogP contribution is 2.16. The summed E-state index contributed by atoms with van der Waals surface area (Å²) in [6, 6.07) is 6.42. The van der Waals surface area contributed by atoms with E-state index in [0.717, 1.165) is 31.6 Å². The molecule has 0 bridgehead atoms. The average molecular weight is 234 g/mol. The number of aliphatic hydroxyl groups is 1. The Hall–Kier alpha value is -0.930. The van der Waals surface area contributed by atoms with Crippen LogP contribution in [0.25, 0.3) is 0 Å². The van der Waals surface area contributed by atoms with E-state index in [1.54, 1.807) is 0 Å². The third-order valence-corrected chi connectivity index (χ3v) is 3.59. The molecule has 1 atom stereocenters. The van der Waals surface area contributed by atoms with Crippen molar-refractivity contribution < 1.29 is 5.11 Å². The summed E-state index contributed by atoms with van der Waals surface area (Å²) in [6.45, 7) is 2.43. The predicted octanol–water partition coefficient (Wildman–Crippen LogP) is 1.86. The van der Waals surface area contributed by atoms with Crippen LogP contribution in [0.5, 0.6) is 0 Å². The number of aromatic nitrogens is 1. The van der Waals surface area contributed by atoms with Crippen LogP contribution in [0.15, 0.2) is 24.4 Å². The fourth-order valence-corrected chi connectivity index (χ4v) is 2.54. The van der Waals surface area contributed by atoms with Gasteiger partial charge < -0.3 is 5.11 Å². The molecule has 94 valence electrons. The fraction of sp³-hybridized carbons (Fsp3) is 0.643. The Balaban J connectivity index is 1.87. The molecule has 0 amide bonds. The van der Waals surface area contributed by atoms with Gasteiger partial charge >= 0.3 is 0 Å². The predicted molar refractivity (Wildman–Crippen MR) is 68.9 cm³/mol. The number of hydrogen-bond acceptors (Lipinski definition) is 3. The van der Waals surface area contributed by atoms with E-state index >= 15 is 0 Å². The first-order chi connectivity index (χ1) is 8.40. The molecule has 0 aromatic carbocycles. The van der Waals surface area contributed by atoms with Crippen LogP contribution in [0, 0.1) is 0 Å². The van der Waals surface area contributed by atoms with Gasteiger partial charge in [-0.2, -0.15) is 0 Å². The molecule has 3 heteroatoms. The Morgan fingerprint density at radius 2 is 2.24 bits per heavy atom. The lowest BCUT2D eigenvalue weighted by Crippen LogP contribution is -2.38. The van der Waals surface area contributed by atoms with Crippen molar-refractivity contribution in [2.75, 3.05) is 19.7 Å². The molecule has 2 heterocycles. The molecule has 1 saturated heterocycles. The summed E-state index contributed by atoms with van der Waals surface area (Å²) in [5.41, 5.74) is 1.15. The van der Waals surface area contributed by atoms with E-state index in [0.29, 0.717) is 12.6 Å². The SMILES string of the molecule is OCC1CCCCCN1CCc1ccccn1. The maximum atomic E-state index is 9.43. The minimum atomic E-state index is 0.294. The van der Waals surface area contributed by atoms with Crippen LogP contribution in [0.3, 0.4) is 0 Å². The van der Waals surface area contributed by atoms with E-state index in [1.165, 1.54) is 19.3 Å². The van der Waals surface area contributed by atoms with Gasteiger partial charge in [-0.1, -0.05) is 18.9 Å². The van der Waals surface area contributed by atoms with E-state index in [1.807, 2.05) is 18.3 Å². The third kappa shape index (κ3) is 3.79. The van der Waals surface area contributed by atoms with Gasteiger partial charge in [0.2, 0.25) is 0 Å². The smallest absolute Gasteiger partial charge is 0.0586 e. The Morgan fingerprint density at radius 1 is 1.29 bits per heavy atom. The van der Waals surface area contributed by atoms with Gasteiger partial charge in [-0.15, -0.1) is 0 Å². The summed E-state index contributed by atoms with van der Waals surface area (Å²) >= 11 is 0.